The first-order valence-electron chi connectivity index (χ1n) is 4.33. The van der Waals surface area contributed by atoms with Crippen LogP contribution in [0.4, 0.5) is 0 Å². The van der Waals surface area contributed by atoms with E-state index in [1.807, 2.05) is 12.1 Å². The lowest BCUT2D eigenvalue weighted by atomic mass is 10.4. The van der Waals surface area contributed by atoms with Gasteiger partial charge in [0.05, 0.1) is 6.61 Å². The number of hydrogen-bond acceptors (Lipinski definition) is 3. The Labute approximate surface area is 83.1 Å². The third kappa shape index (κ3) is 3.72. The van der Waals surface area contributed by atoms with Crippen molar-refractivity contribution in [3.05, 3.63) is 35.0 Å². The van der Waals surface area contributed by atoms with Gasteiger partial charge in [0.1, 0.15) is 0 Å². The highest BCUT2D eigenvalue weighted by atomic mass is 32.1. The quantitative estimate of drug-likeness (QED) is 0.702. The van der Waals surface area contributed by atoms with Gasteiger partial charge in [0.25, 0.3) is 0 Å². The zero-order valence-electron chi connectivity index (χ0n) is 7.65. The highest BCUT2D eigenvalue weighted by molar-refractivity contribution is 7.09. The molecule has 0 aliphatic carbocycles. The van der Waals surface area contributed by atoms with Gasteiger partial charge in [0.2, 0.25) is 0 Å². The van der Waals surface area contributed by atoms with Gasteiger partial charge in [0, 0.05) is 24.5 Å². The molecule has 1 aromatic heterocycles. The molecule has 0 spiro atoms. The van der Waals surface area contributed by atoms with Crippen LogP contribution >= 0.6 is 11.3 Å². The summed E-state index contributed by atoms with van der Waals surface area (Å²) in [7, 11) is 0. The second-order valence-electron chi connectivity index (χ2n) is 2.83. The fourth-order valence-electron chi connectivity index (χ4n) is 1.18. The van der Waals surface area contributed by atoms with Crippen molar-refractivity contribution in [2.24, 2.45) is 0 Å². The number of aliphatic hydroxyl groups excluding tert-OH is 1. The van der Waals surface area contributed by atoms with Crippen molar-refractivity contribution in [2.75, 3.05) is 19.7 Å². The summed E-state index contributed by atoms with van der Waals surface area (Å²) in [5.74, 6) is 0. The fraction of sp³-hybridized carbons (Fsp3) is 0.400. The van der Waals surface area contributed by atoms with E-state index in [4.69, 9.17) is 5.11 Å². The van der Waals surface area contributed by atoms with E-state index in [9.17, 15) is 0 Å². The largest absolute Gasteiger partial charge is 0.395 e. The molecular weight excluding hydrogens is 182 g/mol. The highest BCUT2D eigenvalue weighted by Crippen LogP contribution is 2.11. The Hall–Kier alpha value is -0.640. The molecule has 1 N–H and O–H groups in total. The van der Waals surface area contributed by atoms with Crippen LogP contribution in [0.1, 0.15) is 4.88 Å². The van der Waals surface area contributed by atoms with E-state index in [1.165, 1.54) is 4.88 Å². The van der Waals surface area contributed by atoms with Crippen LogP contribution in [0.3, 0.4) is 0 Å². The van der Waals surface area contributed by atoms with Crippen molar-refractivity contribution in [3.8, 4) is 0 Å². The first kappa shape index (κ1) is 10.4. The maximum atomic E-state index is 8.82. The van der Waals surface area contributed by atoms with E-state index in [0.29, 0.717) is 6.54 Å². The highest BCUT2D eigenvalue weighted by Gasteiger charge is 2.03. The molecule has 3 heteroatoms. The molecule has 0 aliphatic heterocycles. The molecule has 1 aromatic rings. The van der Waals surface area contributed by atoms with Gasteiger partial charge in [-0.05, 0) is 11.4 Å². The van der Waals surface area contributed by atoms with Crippen molar-refractivity contribution >= 4 is 11.3 Å². The van der Waals surface area contributed by atoms with Crippen LogP contribution < -0.4 is 0 Å². The topological polar surface area (TPSA) is 23.5 Å². The van der Waals surface area contributed by atoms with Crippen LogP contribution in [0.2, 0.25) is 0 Å². The number of nitrogens with zero attached hydrogens (tertiary/aromatic N) is 1. The van der Waals surface area contributed by atoms with Crippen LogP contribution in [0.25, 0.3) is 0 Å². The maximum Gasteiger partial charge on any atom is 0.0558 e. The van der Waals surface area contributed by atoms with Gasteiger partial charge in [-0.1, -0.05) is 12.1 Å². The summed E-state index contributed by atoms with van der Waals surface area (Å²) in [6.07, 6.45) is 1.86. The summed E-state index contributed by atoms with van der Waals surface area (Å²) >= 11 is 1.75. The molecule has 72 valence electrons. The standard InChI is InChI=1S/C10H15NOS/c1-2-5-11(6-7-12)9-10-4-3-8-13-10/h2-4,8,12H,1,5-7,9H2. The van der Waals surface area contributed by atoms with Crippen molar-refractivity contribution < 1.29 is 5.11 Å². The third-order valence-corrected chi connectivity index (χ3v) is 2.62. The second-order valence-corrected chi connectivity index (χ2v) is 3.86. The average molecular weight is 197 g/mol. The van der Waals surface area contributed by atoms with Gasteiger partial charge in [-0.15, -0.1) is 17.9 Å². The second kappa shape index (κ2) is 5.91. The van der Waals surface area contributed by atoms with Crippen LogP contribution in [0.15, 0.2) is 30.2 Å². The molecule has 1 rings (SSSR count). The first-order chi connectivity index (χ1) is 6.36. The van der Waals surface area contributed by atoms with E-state index in [1.54, 1.807) is 11.3 Å². The third-order valence-electron chi connectivity index (χ3n) is 1.76. The van der Waals surface area contributed by atoms with E-state index < -0.39 is 0 Å². The average Bonchev–Trinajstić information content (AvgIpc) is 2.58. The van der Waals surface area contributed by atoms with Gasteiger partial charge < -0.3 is 5.11 Å². The molecule has 0 atom stereocenters. The lowest BCUT2D eigenvalue weighted by Gasteiger charge is -2.17. The van der Waals surface area contributed by atoms with Crippen molar-refractivity contribution in [1.29, 1.82) is 0 Å². The summed E-state index contributed by atoms with van der Waals surface area (Å²) < 4.78 is 0. The number of hydrogen-bond donors (Lipinski definition) is 1. The van der Waals surface area contributed by atoms with Gasteiger partial charge >= 0.3 is 0 Å². The molecule has 0 radical (unpaired) electrons. The molecule has 13 heavy (non-hydrogen) atoms. The minimum absolute atomic E-state index is 0.208. The van der Waals surface area contributed by atoms with Crippen molar-refractivity contribution in [3.63, 3.8) is 0 Å². The summed E-state index contributed by atoms with van der Waals surface area (Å²) in [4.78, 5) is 3.49. The number of thiophene rings is 1. The molecule has 0 unspecified atom stereocenters. The molecule has 0 aliphatic rings. The SMILES string of the molecule is C=CCN(CCO)Cc1cccs1. The lowest BCUT2D eigenvalue weighted by Crippen LogP contribution is -2.26. The Morgan fingerprint density at radius 1 is 1.62 bits per heavy atom. The molecule has 0 fully saturated rings. The molecule has 0 saturated carbocycles. The maximum absolute atomic E-state index is 8.82. The van der Waals surface area contributed by atoms with E-state index >= 15 is 0 Å². The normalized spacial score (nSPS) is 10.6. The van der Waals surface area contributed by atoms with Crippen molar-refractivity contribution in [1.82, 2.24) is 4.90 Å². The monoisotopic (exact) mass is 197 g/mol. The predicted octanol–water partition coefficient (Wildman–Crippen LogP) is 1.73. The Morgan fingerprint density at radius 3 is 3.00 bits per heavy atom. The van der Waals surface area contributed by atoms with Crippen molar-refractivity contribution in [2.45, 2.75) is 6.54 Å². The van der Waals surface area contributed by atoms with Crippen LogP contribution in [-0.2, 0) is 6.54 Å². The van der Waals surface area contributed by atoms with Crippen LogP contribution in [0.5, 0.6) is 0 Å². The zero-order chi connectivity index (χ0) is 9.52. The number of aliphatic hydroxyl groups is 1. The molecule has 0 amide bonds. The van der Waals surface area contributed by atoms with Gasteiger partial charge in [-0.25, -0.2) is 0 Å². The zero-order valence-corrected chi connectivity index (χ0v) is 8.46. The summed E-state index contributed by atoms with van der Waals surface area (Å²) in [5, 5.41) is 10.9. The lowest BCUT2D eigenvalue weighted by molar-refractivity contribution is 0.204. The van der Waals surface area contributed by atoms with Gasteiger partial charge in [-0.2, -0.15) is 0 Å². The van der Waals surface area contributed by atoms with E-state index in [0.717, 1.165) is 13.1 Å². The Balaban J connectivity index is 2.42. The van der Waals surface area contributed by atoms with Gasteiger partial charge in [0.15, 0.2) is 0 Å². The summed E-state index contributed by atoms with van der Waals surface area (Å²) in [5.41, 5.74) is 0. The Bertz CT molecular complexity index is 233. The smallest absolute Gasteiger partial charge is 0.0558 e. The first-order valence-corrected chi connectivity index (χ1v) is 5.21. The predicted molar refractivity (Wildman–Crippen MR) is 56.9 cm³/mol. The van der Waals surface area contributed by atoms with E-state index in [-0.39, 0.29) is 6.61 Å². The fourth-order valence-corrected chi connectivity index (χ4v) is 1.93. The van der Waals surface area contributed by atoms with Crippen LogP contribution in [-0.4, -0.2) is 29.7 Å². The molecule has 2 nitrogen and oxygen atoms in total. The Kier molecular flexibility index (Phi) is 4.75. The molecule has 0 aromatic carbocycles. The Morgan fingerprint density at radius 2 is 2.46 bits per heavy atom. The molecular formula is C10H15NOS. The molecule has 0 saturated heterocycles. The minimum Gasteiger partial charge on any atom is -0.395 e. The summed E-state index contributed by atoms with van der Waals surface area (Å²) in [6.45, 7) is 6.35. The molecule has 1 heterocycles. The number of rotatable bonds is 6. The minimum atomic E-state index is 0.208. The van der Waals surface area contributed by atoms with E-state index in [2.05, 4.69) is 22.9 Å². The van der Waals surface area contributed by atoms with Gasteiger partial charge in [-0.3, -0.25) is 4.90 Å². The summed E-state index contributed by atoms with van der Waals surface area (Å²) in [6, 6.07) is 4.16. The van der Waals surface area contributed by atoms with Crippen LogP contribution in [0, 0.1) is 0 Å². The molecule has 0 bridgehead atoms.